The Hall–Kier alpha value is -3.35. The fourth-order valence-corrected chi connectivity index (χ4v) is 3.21. The quantitative estimate of drug-likeness (QED) is 0.418. The number of benzene rings is 3. The zero-order valence-corrected chi connectivity index (χ0v) is 17.3. The molecule has 0 aliphatic rings. The number of hydrogen-bond donors (Lipinski definition) is 2. The van der Waals surface area contributed by atoms with E-state index in [9.17, 15) is 4.79 Å². The van der Waals surface area contributed by atoms with E-state index in [4.69, 9.17) is 5.11 Å². The van der Waals surface area contributed by atoms with E-state index in [1.165, 1.54) is 16.7 Å². The third kappa shape index (κ3) is 6.92. The van der Waals surface area contributed by atoms with Crippen molar-refractivity contribution in [2.45, 2.75) is 32.2 Å². The van der Waals surface area contributed by atoms with Crippen LogP contribution >= 0.6 is 0 Å². The summed E-state index contributed by atoms with van der Waals surface area (Å²) < 4.78 is 0. The molecule has 0 spiro atoms. The third-order valence-corrected chi connectivity index (χ3v) is 4.95. The highest BCUT2D eigenvalue weighted by atomic mass is 16.4. The van der Waals surface area contributed by atoms with E-state index in [0.29, 0.717) is 13.1 Å². The van der Waals surface area contributed by atoms with Crippen molar-refractivity contribution >= 4 is 5.97 Å². The van der Waals surface area contributed by atoms with E-state index < -0.39 is 5.97 Å². The first-order valence-electron chi connectivity index (χ1n) is 10.2. The number of nitrogens with one attached hydrogen (secondary N) is 1. The van der Waals surface area contributed by atoms with E-state index >= 15 is 0 Å². The van der Waals surface area contributed by atoms with E-state index in [1.807, 2.05) is 30.3 Å². The molecule has 3 nitrogen and oxygen atoms in total. The first kappa shape index (κ1) is 21.4. The molecule has 3 rings (SSSR count). The van der Waals surface area contributed by atoms with Gasteiger partial charge in [-0.15, -0.1) is 0 Å². The predicted molar refractivity (Wildman–Crippen MR) is 121 cm³/mol. The Morgan fingerprint density at radius 3 is 2.30 bits per heavy atom. The Bertz CT molecular complexity index is 997. The maximum Gasteiger partial charge on any atom is 0.304 e. The molecule has 0 fully saturated rings. The van der Waals surface area contributed by atoms with Crippen LogP contribution < -0.4 is 5.32 Å². The van der Waals surface area contributed by atoms with Gasteiger partial charge >= 0.3 is 5.97 Å². The van der Waals surface area contributed by atoms with Crippen LogP contribution in [0.2, 0.25) is 0 Å². The van der Waals surface area contributed by atoms with Crippen LogP contribution in [0.1, 0.15) is 40.2 Å². The summed E-state index contributed by atoms with van der Waals surface area (Å²) in [4.78, 5) is 10.6. The van der Waals surface area contributed by atoms with Gasteiger partial charge in [0.05, 0.1) is 6.42 Å². The van der Waals surface area contributed by atoms with Crippen LogP contribution in [0.15, 0.2) is 78.9 Å². The first-order chi connectivity index (χ1) is 14.6. The van der Waals surface area contributed by atoms with Crippen molar-refractivity contribution in [3.8, 4) is 11.8 Å². The number of rotatable bonds is 8. The van der Waals surface area contributed by atoms with Crippen LogP contribution in [0.25, 0.3) is 0 Å². The normalized spacial score (nSPS) is 11.4. The molecule has 0 aliphatic carbocycles. The molecule has 0 amide bonds. The molecule has 0 bridgehead atoms. The molecule has 30 heavy (non-hydrogen) atoms. The van der Waals surface area contributed by atoms with E-state index in [2.05, 4.69) is 72.6 Å². The summed E-state index contributed by atoms with van der Waals surface area (Å²) >= 11 is 0. The van der Waals surface area contributed by atoms with Crippen molar-refractivity contribution in [2.75, 3.05) is 6.54 Å². The lowest BCUT2D eigenvalue weighted by Gasteiger charge is -2.12. The van der Waals surface area contributed by atoms with Crippen LogP contribution in [0, 0.1) is 18.8 Å². The van der Waals surface area contributed by atoms with E-state index in [0.717, 1.165) is 17.5 Å². The summed E-state index contributed by atoms with van der Waals surface area (Å²) in [6, 6.07) is 27.2. The van der Waals surface area contributed by atoms with E-state index in [1.54, 1.807) is 0 Å². The second-order valence-electron chi connectivity index (χ2n) is 7.44. The minimum absolute atomic E-state index is 0.130. The zero-order valence-electron chi connectivity index (χ0n) is 17.3. The topological polar surface area (TPSA) is 49.3 Å². The fourth-order valence-electron chi connectivity index (χ4n) is 3.21. The van der Waals surface area contributed by atoms with Gasteiger partial charge < -0.3 is 10.4 Å². The number of aliphatic carboxylic acids is 1. The highest BCUT2D eigenvalue weighted by molar-refractivity contribution is 5.66. The van der Waals surface area contributed by atoms with Crippen LogP contribution in [0.5, 0.6) is 0 Å². The number of carboxylic acids is 1. The van der Waals surface area contributed by atoms with Crippen molar-refractivity contribution in [1.82, 2.24) is 5.32 Å². The van der Waals surface area contributed by atoms with Crippen LogP contribution in [0.4, 0.5) is 0 Å². The lowest BCUT2D eigenvalue weighted by molar-refractivity contribution is -0.136. The smallest absolute Gasteiger partial charge is 0.304 e. The monoisotopic (exact) mass is 397 g/mol. The Morgan fingerprint density at radius 2 is 1.63 bits per heavy atom. The van der Waals surface area contributed by atoms with Crippen LogP contribution in [-0.4, -0.2) is 17.6 Å². The number of carboxylic acid groups (broad SMARTS) is 1. The summed E-state index contributed by atoms with van der Waals surface area (Å²) in [5.41, 5.74) is 5.86. The fraction of sp³-hybridized carbons (Fsp3) is 0.222. The van der Waals surface area contributed by atoms with Crippen LogP contribution in [0.3, 0.4) is 0 Å². The van der Waals surface area contributed by atoms with Crippen molar-refractivity contribution in [1.29, 1.82) is 0 Å². The third-order valence-electron chi connectivity index (χ3n) is 4.95. The minimum Gasteiger partial charge on any atom is -0.481 e. The molecule has 0 saturated carbocycles. The molecule has 0 radical (unpaired) electrons. The molecule has 0 aliphatic heterocycles. The van der Waals surface area contributed by atoms with Gasteiger partial charge in [0.15, 0.2) is 0 Å². The molecule has 2 N–H and O–H groups in total. The standard InChI is InChI=1S/C27H27NO2/c1-21-7-14-25(15-8-21)26(19-23-5-3-2-4-6-23)16-13-22-9-11-24(12-10-22)20-28-18-17-27(29)30/h2-12,14-15,26,28H,17-20H2,1H3,(H,29,30). The molecule has 1 unspecified atom stereocenters. The Labute approximate surface area is 178 Å². The molecule has 152 valence electrons. The molecular weight excluding hydrogens is 370 g/mol. The van der Waals surface area contributed by atoms with Gasteiger partial charge in [0.2, 0.25) is 0 Å². The van der Waals surface area contributed by atoms with Crippen molar-refractivity contribution < 1.29 is 9.90 Å². The second-order valence-corrected chi connectivity index (χ2v) is 7.44. The first-order valence-corrected chi connectivity index (χ1v) is 10.2. The Balaban J connectivity index is 1.70. The highest BCUT2D eigenvalue weighted by Crippen LogP contribution is 2.21. The lowest BCUT2D eigenvalue weighted by Crippen LogP contribution is -2.17. The van der Waals surface area contributed by atoms with Gasteiger partial charge in [0.25, 0.3) is 0 Å². The SMILES string of the molecule is Cc1ccc(C(C#Cc2ccc(CNCCC(=O)O)cc2)Cc2ccccc2)cc1. The second kappa shape index (κ2) is 11.0. The van der Waals surface area contributed by atoms with E-state index in [-0.39, 0.29) is 12.3 Å². The van der Waals surface area contributed by atoms with Gasteiger partial charge in [-0.1, -0.05) is 84.1 Å². The van der Waals surface area contributed by atoms with Gasteiger partial charge in [0.1, 0.15) is 0 Å². The van der Waals surface area contributed by atoms with Crippen LogP contribution in [-0.2, 0) is 17.8 Å². The van der Waals surface area contributed by atoms with Gasteiger partial charge in [-0.3, -0.25) is 4.79 Å². The number of aryl methyl sites for hydroxylation is 1. The Kier molecular flexibility index (Phi) is 7.83. The average molecular weight is 398 g/mol. The van der Waals surface area contributed by atoms with Gasteiger partial charge in [-0.2, -0.15) is 0 Å². The van der Waals surface area contributed by atoms with Gasteiger partial charge in [-0.25, -0.2) is 0 Å². The average Bonchev–Trinajstić information content (AvgIpc) is 2.76. The zero-order chi connectivity index (χ0) is 21.2. The highest BCUT2D eigenvalue weighted by Gasteiger charge is 2.09. The summed E-state index contributed by atoms with van der Waals surface area (Å²) in [6.07, 6.45) is 1.01. The lowest BCUT2D eigenvalue weighted by atomic mass is 9.91. The molecule has 0 heterocycles. The molecule has 1 atom stereocenters. The van der Waals surface area contributed by atoms with Gasteiger partial charge in [0, 0.05) is 24.6 Å². The molecule has 0 aromatic heterocycles. The summed E-state index contributed by atoms with van der Waals surface area (Å²) in [6.45, 7) is 3.22. The maximum atomic E-state index is 10.6. The summed E-state index contributed by atoms with van der Waals surface area (Å²) in [5.74, 6) is 6.16. The summed E-state index contributed by atoms with van der Waals surface area (Å²) in [7, 11) is 0. The van der Waals surface area contributed by atoms with Crippen molar-refractivity contribution in [3.05, 3.63) is 107 Å². The summed E-state index contributed by atoms with van der Waals surface area (Å²) in [5, 5.41) is 11.8. The number of carbonyl (C=O) groups is 1. The van der Waals surface area contributed by atoms with Crippen molar-refractivity contribution in [3.63, 3.8) is 0 Å². The molecule has 3 aromatic carbocycles. The molecular formula is C27H27NO2. The molecule has 3 heteroatoms. The van der Waals surface area contributed by atoms with Gasteiger partial charge in [-0.05, 0) is 42.2 Å². The van der Waals surface area contributed by atoms with Crippen molar-refractivity contribution in [2.24, 2.45) is 0 Å². The molecule has 3 aromatic rings. The largest absolute Gasteiger partial charge is 0.481 e. The molecule has 0 saturated heterocycles. The Morgan fingerprint density at radius 1 is 0.933 bits per heavy atom. The predicted octanol–water partition coefficient (Wildman–Crippen LogP) is 4.94. The number of hydrogen-bond acceptors (Lipinski definition) is 2. The maximum absolute atomic E-state index is 10.6. The minimum atomic E-state index is -0.785.